The number of likely N-dealkylation sites (tertiary alicyclic amines) is 1. The second kappa shape index (κ2) is 10.7. The lowest BCUT2D eigenvalue weighted by Gasteiger charge is -2.32. The Labute approximate surface area is 188 Å². The summed E-state index contributed by atoms with van der Waals surface area (Å²) >= 11 is 0. The number of rotatable bonds is 8. The van der Waals surface area contributed by atoms with E-state index in [4.69, 9.17) is 18.9 Å². The van der Waals surface area contributed by atoms with Gasteiger partial charge in [-0.25, -0.2) is 0 Å². The summed E-state index contributed by atoms with van der Waals surface area (Å²) < 4.78 is 21.0. The average Bonchev–Trinajstić information content (AvgIpc) is 2.86. The van der Waals surface area contributed by atoms with E-state index in [-0.39, 0.29) is 11.8 Å². The first-order valence-electron chi connectivity index (χ1n) is 10.5. The average molecular weight is 443 g/mol. The molecule has 8 nitrogen and oxygen atoms in total. The third-order valence-electron chi connectivity index (χ3n) is 5.73. The monoisotopic (exact) mass is 442 g/mol. The van der Waals surface area contributed by atoms with Gasteiger partial charge in [-0.05, 0) is 55.2 Å². The summed E-state index contributed by atoms with van der Waals surface area (Å²) in [7, 11) is 6.21. The Balaban J connectivity index is 1.52. The number of carbonyl (C=O) groups excluding carboxylic acids is 2. The van der Waals surface area contributed by atoms with Crippen molar-refractivity contribution in [2.75, 3.05) is 48.1 Å². The van der Waals surface area contributed by atoms with Gasteiger partial charge in [0.1, 0.15) is 0 Å². The molecule has 8 heteroatoms. The van der Waals surface area contributed by atoms with E-state index < -0.39 is 0 Å². The van der Waals surface area contributed by atoms with E-state index in [9.17, 15) is 9.59 Å². The maximum absolute atomic E-state index is 12.9. The summed E-state index contributed by atoms with van der Waals surface area (Å²) in [6.07, 6.45) is 1.65. The van der Waals surface area contributed by atoms with Crippen LogP contribution in [0.1, 0.15) is 33.6 Å². The summed E-state index contributed by atoms with van der Waals surface area (Å²) in [4.78, 5) is 27.2. The Morgan fingerprint density at radius 3 is 1.84 bits per heavy atom. The van der Waals surface area contributed by atoms with Gasteiger partial charge in [-0.2, -0.15) is 0 Å². The van der Waals surface area contributed by atoms with Crippen molar-refractivity contribution in [2.24, 2.45) is 5.92 Å². The predicted octanol–water partition coefficient (Wildman–Crippen LogP) is 3.00. The first kappa shape index (κ1) is 23.2. The largest absolute Gasteiger partial charge is 0.493 e. The third-order valence-corrected chi connectivity index (χ3v) is 5.73. The summed E-state index contributed by atoms with van der Waals surface area (Å²) in [5.41, 5.74) is 1.09. The number of nitrogens with one attached hydrogen (secondary N) is 1. The molecule has 0 spiro atoms. The van der Waals surface area contributed by atoms with Crippen LogP contribution in [-0.4, -0.2) is 64.8 Å². The molecule has 1 saturated heterocycles. The van der Waals surface area contributed by atoms with Gasteiger partial charge in [0.25, 0.3) is 11.8 Å². The highest BCUT2D eigenvalue weighted by atomic mass is 16.5. The topological polar surface area (TPSA) is 86.3 Å². The first-order chi connectivity index (χ1) is 15.5. The number of hydrogen-bond donors (Lipinski definition) is 1. The van der Waals surface area contributed by atoms with E-state index in [1.165, 1.54) is 7.11 Å². The SMILES string of the molecule is COc1ccc(C(=O)NCC2CCN(C(=O)c3ccc(OC)c(OC)c3)CC2)cc1OC. The summed E-state index contributed by atoms with van der Waals surface area (Å²) in [5, 5.41) is 2.99. The van der Waals surface area contributed by atoms with Crippen molar-refractivity contribution in [2.45, 2.75) is 12.8 Å². The normalized spacial score (nSPS) is 13.9. The highest BCUT2D eigenvalue weighted by Gasteiger charge is 2.25. The highest BCUT2D eigenvalue weighted by molar-refractivity contribution is 5.95. The fraction of sp³-hybridized carbons (Fsp3) is 0.417. The smallest absolute Gasteiger partial charge is 0.253 e. The van der Waals surface area contributed by atoms with Gasteiger partial charge in [0.15, 0.2) is 23.0 Å². The van der Waals surface area contributed by atoms with Crippen LogP contribution in [0.5, 0.6) is 23.0 Å². The lowest BCUT2D eigenvalue weighted by molar-refractivity contribution is 0.0684. The van der Waals surface area contributed by atoms with Gasteiger partial charge in [-0.3, -0.25) is 9.59 Å². The van der Waals surface area contributed by atoms with E-state index in [0.717, 1.165) is 12.8 Å². The third kappa shape index (κ3) is 5.25. The van der Waals surface area contributed by atoms with E-state index in [2.05, 4.69) is 5.32 Å². The number of piperidine rings is 1. The van der Waals surface area contributed by atoms with Crippen LogP contribution in [-0.2, 0) is 0 Å². The van der Waals surface area contributed by atoms with Crippen LogP contribution in [0, 0.1) is 5.92 Å². The molecular weight excluding hydrogens is 412 g/mol. The van der Waals surface area contributed by atoms with E-state index in [1.54, 1.807) is 57.7 Å². The van der Waals surface area contributed by atoms with Crippen LogP contribution < -0.4 is 24.3 Å². The van der Waals surface area contributed by atoms with Gasteiger partial charge < -0.3 is 29.2 Å². The zero-order chi connectivity index (χ0) is 23.1. The fourth-order valence-electron chi connectivity index (χ4n) is 3.81. The van der Waals surface area contributed by atoms with E-state index >= 15 is 0 Å². The van der Waals surface area contributed by atoms with Crippen molar-refractivity contribution in [3.63, 3.8) is 0 Å². The Kier molecular flexibility index (Phi) is 7.81. The number of benzene rings is 2. The number of nitrogens with zero attached hydrogens (tertiary/aromatic N) is 1. The van der Waals surface area contributed by atoms with Gasteiger partial charge in [0.05, 0.1) is 28.4 Å². The van der Waals surface area contributed by atoms with Gasteiger partial charge in [0, 0.05) is 30.8 Å². The molecule has 172 valence electrons. The lowest BCUT2D eigenvalue weighted by Crippen LogP contribution is -2.41. The molecule has 32 heavy (non-hydrogen) atoms. The van der Waals surface area contributed by atoms with Gasteiger partial charge >= 0.3 is 0 Å². The summed E-state index contributed by atoms with van der Waals surface area (Å²) in [5.74, 6) is 2.35. The molecule has 0 aromatic heterocycles. The Morgan fingerprint density at radius 1 is 0.812 bits per heavy atom. The molecule has 1 aliphatic heterocycles. The molecule has 0 unspecified atom stereocenters. The van der Waals surface area contributed by atoms with Crippen molar-refractivity contribution in [1.82, 2.24) is 10.2 Å². The number of carbonyl (C=O) groups is 2. The van der Waals surface area contributed by atoms with E-state index in [0.29, 0.717) is 59.7 Å². The van der Waals surface area contributed by atoms with Crippen molar-refractivity contribution >= 4 is 11.8 Å². The number of ether oxygens (including phenoxy) is 4. The molecule has 1 aliphatic rings. The van der Waals surface area contributed by atoms with Crippen LogP contribution in [0.2, 0.25) is 0 Å². The number of amides is 2. The molecule has 0 aliphatic carbocycles. The van der Waals surface area contributed by atoms with Crippen molar-refractivity contribution in [3.8, 4) is 23.0 Å². The van der Waals surface area contributed by atoms with Crippen molar-refractivity contribution in [1.29, 1.82) is 0 Å². The number of hydrogen-bond acceptors (Lipinski definition) is 6. The molecule has 0 radical (unpaired) electrons. The lowest BCUT2D eigenvalue weighted by atomic mass is 9.96. The van der Waals surface area contributed by atoms with Crippen molar-refractivity contribution < 1.29 is 28.5 Å². The minimum absolute atomic E-state index is 0.0289. The standard InChI is InChI=1S/C24H30N2O6/c1-29-19-7-5-17(13-21(19)31-3)23(27)25-15-16-9-11-26(12-10-16)24(28)18-6-8-20(30-2)22(14-18)32-4/h5-8,13-14,16H,9-12,15H2,1-4H3,(H,25,27). The fourth-order valence-corrected chi connectivity index (χ4v) is 3.81. The molecule has 2 amide bonds. The van der Waals surface area contributed by atoms with Crippen molar-refractivity contribution in [3.05, 3.63) is 47.5 Å². The minimum Gasteiger partial charge on any atom is -0.493 e. The quantitative estimate of drug-likeness (QED) is 0.676. The maximum atomic E-state index is 12.9. The first-order valence-corrected chi connectivity index (χ1v) is 10.5. The molecule has 2 aromatic rings. The summed E-state index contributed by atoms with van der Waals surface area (Å²) in [6, 6.07) is 10.3. The number of methoxy groups -OCH3 is 4. The molecule has 0 bridgehead atoms. The van der Waals surface area contributed by atoms with Gasteiger partial charge in [0.2, 0.25) is 0 Å². The van der Waals surface area contributed by atoms with Gasteiger partial charge in [-0.15, -0.1) is 0 Å². The van der Waals surface area contributed by atoms with Crippen LogP contribution in [0.25, 0.3) is 0 Å². The van der Waals surface area contributed by atoms with E-state index in [1.807, 2.05) is 4.90 Å². The van der Waals surface area contributed by atoms with Gasteiger partial charge in [-0.1, -0.05) is 0 Å². The molecule has 0 atom stereocenters. The second-order valence-corrected chi connectivity index (χ2v) is 7.59. The Bertz CT molecular complexity index is 954. The molecule has 1 N–H and O–H groups in total. The predicted molar refractivity (Wildman–Crippen MR) is 120 cm³/mol. The summed E-state index contributed by atoms with van der Waals surface area (Å²) in [6.45, 7) is 1.85. The zero-order valence-corrected chi connectivity index (χ0v) is 19.0. The zero-order valence-electron chi connectivity index (χ0n) is 19.0. The molecule has 1 heterocycles. The molecule has 0 saturated carbocycles. The maximum Gasteiger partial charge on any atom is 0.253 e. The van der Waals surface area contributed by atoms with Crippen LogP contribution in [0.4, 0.5) is 0 Å². The Morgan fingerprint density at radius 2 is 1.31 bits per heavy atom. The highest BCUT2D eigenvalue weighted by Crippen LogP contribution is 2.29. The van der Waals surface area contributed by atoms with Crippen LogP contribution in [0.3, 0.4) is 0 Å². The molecule has 1 fully saturated rings. The minimum atomic E-state index is -0.158. The Hall–Kier alpha value is -3.42. The van der Waals surface area contributed by atoms with Crippen LogP contribution in [0.15, 0.2) is 36.4 Å². The molecular formula is C24H30N2O6. The molecule has 3 rings (SSSR count). The molecule has 2 aromatic carbocycles. The van der Waals surface area contributed by atoms with Crippen LogP contribution >= 0.6 is 0 Å². The second-order valence-electron chi connectivity index (χ2n) is 7.59.